The molecule has 0 bridgehead atoms. The first kappa shape index (κ1) is 14.4. The molecule has 0 saturated heterocycles. The minimum absolute atomic E-state index is 0.0806. The highest BCUT2D eigenvalue weighted by Crippen LogP contribution is 2.06. The van der Waals surface area contributed by atoms with Crippen molar-refractivity contribution in [2.24, 2.45) is 0 Å². The van der Waals surface area contributed by atoms with Crippen molar-refractivity contribution in [3.63, 3.8) is 0 Å². The number of nitrogens with two attached hydrogens (primary N) is 1. The van der Waals surface area contributed by atoms with Crippen molar-refractivity contribution in [3.8, 4) is 0 Å². The number of pyridine rings is 1. The first-order valence-electron chi connectivity index (χ1n) is 6.32. The molecule has 18 heavy (non-hydrogen) atoms. The summed E-state index contributed by atoms with van der Waals surface area (Å²) in [4.78, 5) is 18.2. The average Bonchev–Trinajstić information content (AvgIpc) is 2.36. The monoisotopic (exact) mass is 250 g/mol. The first-order valence-corrected chi connectivity index (χ1v) is 6.32. The minimum atomic E-state index is -0.166. The van der Waals surface area contributed by atoms with Crippen LogP contribution in [0.25, 0.3) is 0 Å². The van der Waals surface area contributed by atoms with Crippen LogP contribution in [0.3, 0.4) is 0 Å². The van der Waals surface area contributed by atoms with Gasteiger partial charge >= 0.3 is 0 Å². The maximum absolute atomic E-state index is 12.0. The second-order valence-electron chi connectivity index (χ2n) is 4.30. The molecule has 0 saturated carbocycles. The maximum atomic E-state index is 12.0. The van der Waals surface area contributed by atoms with Gasteiger partial charge in [-0.3, -0.25) is 4.79 Å². The van der Waals surface area contributed by atoms with Gasteiger partial charge in [-0.15, -0.1) is 0 Å². The van der Waals surface area contributed by atoms with Crippen LogP contribution >= 0.6 is 0 Å². The Kier molecular flexibility index (Phi) is 5.58. The molecule has 0 aliphatic heterocycles. The zero-order valence-corrected chi connectivity index (χ0v) is 11.3. The molecule has 1 atom stereocenters. The second kappa shape index (κ2) is 6.96. The van der Waals surface area contributed by atoms with E-state index in [-0.39, 0.29) is 17.8 Å². The van der Waals surface area contributed by atoms with E-state index < -0.39 is 0 Å². The number of aromatic nitrogens is 1. The van der Waals surface area contributed by atoms with E-state index in [9.17, 15) is 4.79 Å². The Balaban J connectivity index is 2.57. The molecule has 0 fully saturated rings. The molecule has 0 aromatic carbocycles. The lowest BCUT2D eigenvalue weighted by molar-refractivity contribution is 0.0931. The third kappa shape index (κ3) is 4.00. The van der Waals surface area contributed by atoms with E-state index in [2.05, 4.69) is 29.0 Å². The lowest BCUT2D eigenvalue weighted by Crippen LogP contribution is -2.42. The third-order valence-electron chi connectivity index (χ3n) is 2.89. The van der Waals surface area contributed by atoms with Crippen molar-refractivity contribution in [1.29, 1.82) is 0 Å². The largest absolute Gasteiger partial charge is 0.383 e. The Morgan fingerprint density at radius 1 is 1.50 bits per heavy atom. The van der Waals surface area contributed by atoms with E-state index in [1.165, 1.54) is 0 Å². The number of carbonyl (C=O) groups excluding carboxylic acids is 1. The van der Waals surface area contributed by atoms with Crippen molar-refractivity contribution in [2.45, 2.75) is 26.8 Å². The zero-order chi connectivity index (χ0) is 13.5. The number of likely N-dealkylation sites (N-methyl/N-ethyl adjacent to an activating group) is 1. The van der Waals surface area contributed by atoms with Gasteiger partial charge in [0.2, 0.25) is 0 Å². The van der Waals surface area contributed by atoms with Gasteiger partial charge in [0.1, 0.15) is 5.82 Å². The number of carbonyl (C=O) groups is 1. The van der Waals surface area contributed by atoms with E-state index in [0.717, 1.165) is 19.6 Å². The lowest BCUT2D eigenvalue weighted by Gasteiger charge is -2.23. The van der Waals surface area contributed by atoms with Gasteiger partial charge in [-0.25, -0.2) is 4.98 Å². The standard InChI is InChI=1S/C13H22N4O/c1-4-17(5-2)9-10(3)16-13(18)11-7-6-8-15-12(11)14/h6-8,10H,4-5,9H2,1-3H3,(H2,14,15)(H,16,18). The summed E-state index contributed by atoms with van der Waals surface area (Å²) in [5.74, 6) is 0.102. The fourth-order valence-electron chi connectivity index (χ4n) is 1.83. The van der Waals surface area contributed by atoms with E-state index in [4.69, 9.17) is 5.73 Å². The molecule has 5 heteroatoms. The molecular weight excluding hydrogens is 228 g/mol. The number of nitrogens with zero attached hydrogens (tertiary/aromatic N) is 2. The quantitative estimate of drug-likeness (QED) is 0.794. The third-order valence-corrected chi connectivity index (χ3v) is 2.89. The van der Waals surface area contributed by atoms with Crippen LogP contribution in [0, 0.1) is 0 Å². The van der Waals surface area contributed by atoms with Gasteiger partial charge in [0.05, 0.1) is 5.56 Å². The smallest absolute Gasteiger partial charge is 0.255 e. The van der Waals surface area contributed by atoms with Gasteiger partial charge in [-0.2, -0.15) is 0 Å². The fraction of sp³-hybridized carbons (Fsp3) is 0.538. The molecule has 0 radical (unpaired) electrons. The van der Waals surface area contributed by atoms with Gasteiger partial charge in [0, 0.05) is 18.8 Å². The van der Waals surface area contributed by atoms with Crippen molar-refractivity contribution in [3.05, 3.63) is 23.9 Å². The second-order valence-corrected chi connectivity index (χ2v) is 4.30. The predicted molar refractivity (Wildman–Crippen MR) is 73.4 cm³/mol. The molecule has 5 nitrogen and oxygen atoms in total. The highest BCUT2D eigenvalue weighted by Gasteiger charge is 2.14. The SMILES string of the molecule is CCN(CC)CC(C)NC(=O)c1cccnc1N. The molecular formula is C13H22N4O. The molecule has 0 aliphatic rings. The number of nitrogens with one attached hydrogen (secondary N) is 1. The fourth-order valence-corrected chi connectivity index (χ4v) is 1.83. The lowest BCUT2D eigenvalue weighted by atomic mass is 10.2. The molecule has 0 aliphatic carbocycles. The van der Waals surface area contributed by atoms with Crippen LogP contribution in [0.2, 0.25) is 0 Å². The van der Waals surface area contributed by atoms with E-state index in [1.54, 1.807) is 18.3 Å². The highest BCUT2D eigenvalue weighted by molar-refractivity contribution is 5.98. The van der Waals surface area contributed by atoms with E-state index in [0.29, 0.717) is 5.56 Å². The number of nitrogen functional groups attached to an aromatic ring is 1. The van der Waals surface area contributed by atoms with Crippen molar-refractivity contribution in [1.82, 2.24) is 15.2 Å². The Labute approximate surface area is 108 Å². The molecule has 1 rings (SSSR count). The van der Waals surface area contributed by atoms with Gasteiger partial charge in [-0.1, -0.05) is 13.8 Å². The molecule has 3 N–H and O–H groups in total. The van der Waals surface area contributed by atoms with Gasteiger partial charge < -0.3 is 16.0 Å². The van der Waals surface area contributed by atoms with Crippen LogP contribution < -0.4 is 11.1 Å². The Morgan fingerprint density at radius 2 is 2.17 bits per heavy atom. The van der Waals surface area contributed by atoms with E-state index in [1.807, 2.05) is 6.92 Å². The molecule has 0 spiro atoms. The average molecular weight is 250 g/mol. The Hall–Kier alpha value is -1.62. The number of rotatable bonds is 6. The Bertz CT molecular complexity index is 390. The Morgan fingerprint density at radius 3 is 2.72 bits per heavy atom. The summed E-state index contributed by atoms with van der Waals surface area (Å²) in [6.45, 7) is 8.99. The number of hydrogen-bond acceptors (Lipinski definition) is 4. The van der Waals surface area contributed by atoms with Gasteiger partial charge in [0.25, 0.3) is 5.91 Å². The van der Waals surface area contributed by atoms with Crippen LogP contribution in [0.4, 0.5) is 5.82 Å². The molecule has 1 unspecified atom stereocenters. The number of anilines is 1. The van der Waals surface area contributed by atoms with Gasteiger partial charge in [-0.05, 0) is 32.1 Å². The predicted octanol–water partition coefficient (Wildman–Crippen LogP) is 1.12. The maximum Gasteiger partial charge on any atom is 0.255 e. The normalized spacial score (nSPS) is 12.4. The summed E-state index contributed by atoms with van der Waals surface area (Å²) in [7, 11) is 0. The molecule has 1 aromatic heterocycles. The number of hydrogen-bond donors (Lipinski definition) is 2. The van der Waals surface area contributed by atoms with E-state index >= 15 is 0 Å². The van der Waals surface area contributed by atoms with Gasteiger partial charge in [0.15, 0.2) is 0 Å². The zero-order valence-electron chi connectivity index (χ0n) is 11.3. The summed E-state index contributed by atoms with van der Waals surface area (Å²) in [6, 6.07) is 3.47. The highest BCUT2D eigenvalue weighted by atomic mass is 16.1. The van der Waals surface area contributed by atoms with Crippen molar-refractivity contribution < 1.29 is 4.79 Å². The molecule has 1 heterocycles. The van der Waals surface area contributed by atoms with Crippen molar-refractivity contribution in [2.75, 3.05) is 25.4 Å². The minimum Gasteiger partial charge on any atom is -0.383 e. The number of amides is 1. The van der Waals surface area contributed by atoms with Crippen LogP contribution in [-0.4, -0.2) is 41.5 Å². The summed E-state index contributed by atoms with van der Waals surface area (Å²) in [5, 5.41) is 2.94. The summed E-state index contributed by atoms with van der Waals surface area (Å²) in [5.41, 5.74) is 6.10. The van der Waals surface area contributed by atoms with Crippen LogP contribution in [0.5, 0.6) is 0 Å². The molecule has 100 valence electrons. The first-order chi connectivity index (χ1) is 8.58. The summed E-state index contributed by atoms with van der Waals surface area (Å²) in [6.07, 6.45) is 1.57. The molecule has 1 amide bonds. The van der Waals surface area contributed by atoms with Crippen molar-refractivity contribution >= 4 is 11.7 Å². The van der Waals surface area contributed by atoms with Crippen LogP contribution in [0.15, 0.2) is 18.3 Å². The summed E-state index contributed by atoms with van der Waals surface area (Å²) < 4.78 is 0. The van der Waals surface area contributed by atoms with Crippen LogP contribution in [-0.2, 0) is 0 Å². The van der Waals surface area contributed by atoms with Crippen LogP contribution in [0.1, 0.15) is 31.1 Å². The molecule has 1 aromatic rings. The summed E-state index contributed by atoms with van der Waals surface area (Å²) >= 11 is 0. The topological polar surface area (TPSA) is 71.2 Å².